The van der Waals surface area contributed by atoms with Crippen LogP contribution >= 0.6 is 0 Å². The van der Waals surface area contributed by atoms with Gasteiger partial charge in [-0.25, -0.2) is 12.8 Å². The Labute approximate surface area is 287 Å². The van der Waals surface area contributed by atoms with E-state index < -0.39 is 34.3 Å². The molecular formula is C38H42FN3O6S. The number of benzene rings is 4. The van der Waals surface area contributed by atoms with Crippen molar-refractivity contribution in [2.75, 3.05) is 25.1 Å². The van der Waals surface area contributed by atoms with Crippen LogP contribution in [0.2, 0.25) is 0 Å². The Kier molecular flexibility index (Phi) is 11.9. The number of carbonyl (C=O) groups excluding carboxylic acids is 2. The number of rotatable bonds is 14. The van der Waals surface area contributed by atoms with E-state index in [9.17, 15) is 22.4 Å². The second kappa shape index (κ2) is 16.5. The number of ether oxygens (including phenoxy) is 2. The molecule has 4 aromatic carbocycles. The number of methoxy groups -OCH3 is 2. The number of sulfonamides is 1. The summed E-state index contributed by atoms with van der Waals surface area (Å²) in [6, 6.07) is 26.3. The number of nitrogens with zero attached hydrogens (tertiary/aromatic N) is 2. The molecule has 1 fully saturated rings. The van der Waals surface area contributed by atoms with Crippen molar-refractivity contribution in [3.63, 3.8) is 0 Å². The number of hydrogen-bond donors (Lipinski definition) is 1. The van der Waals surface area contributed by atoms with E-state index in [2.05, 4.69) is 5.32 Å². The zero-order chi connectivity index (χ0) is 34.8. The first-order valence-electron chi connectivity index (χ1n) is 16.4. The number of nitrogens with one attached hydrogen (secondary N) is 1. The van der Waals surface area contributed by atoms with Crippen LogP contribution in [0.4, 0.5) is 10.1 Å². The van der Waals surface area contributed by atoms with E-state index in [0.29, 0.717) is 17.1 Å². The quantitative estimate of drug-likeness (QED) is 0.171. The summed E-state index contributed by atoms with van der Waals surface area (Å²) in [7, 11) is -1.33. The second-order valence-electron chi connectivity index (χ2n) is 12.1. The smallest absolute Gasteiger partial charge is 0.264 e. The summed E-state index contributed by atoms with van der Waals surface area (Å²) in [5.74, 6) is -0.437. The van der Waals surface area contributed by atoms with Gasteiger partial charge in [0.1, 0.15) is 29.9 Å². The largest absolute Gasteiger partial charge is 0.497 e. The van der Waals surface area contributed by atoms with Gasteiger partial charge >= 0.3 is 0 Å². The first-order chi connectivity index (χ1) is 23.7. The van der Waals surface area contributed by atoms with Gasteiger partial charge in [-0.3, -0.25) is 13.9 Å². The minimum absolute atomic E-state index is 0.00542. The van der Waals surface area contributed by atoms with E-state index >= 15 is 0 Å². The molecule has 11 heteroatoms. The summed E-state index contributed by atoms with van der Waals surface area (Å²) in [6.45, 7) is -0.641. The molecule has 1 saturated carbocycles. The molecule has 0 unspecified atom stereocenters. The van der Waals surface area contributed by atoms with Crippen molar-refractivity contribution < 1.29 is 31.9 Å². The van der Waals surface area contributed by atoms with E-state index in [1.165, 1.54) is 48.4 Å². The van der Waals surface area contributed by atoms with E-state index in [4.69, 9.17) is 9.47 Å². The van der Waals surface area contributed by atoms with Crippen LogP contribution in [0.5, 0.6) is 11.5 Å². The maximum Gasteiger partial charge on any atom is 0.264 e. The zero-order valence-electron chi connectivity index (χ0n) is 27.8. The molecule has 4 aromatic rings. The Morgan fingerprint density at radius 2 is 1.47 bits per heavy atom. The normalized spacial score (nSPS) is 14.0. The van der Waals surface area contributed by atoms with Gasteiger partial charge in [0.15, 0.2) is 0 Å². The van der Waals surface area contributed by atoms with Gasteiger partial charge in [0.25, 0.3) is 10.0 Å². The van der Waals surface area contributed by atoms with Crippen LogP contribution < -0.4 is 19.1 Å². The number of halogens is 1. The molecule has 258 valence electrons. The summed E-state index contributed by atoms with van der Waals surface area (Å²) >= 11 is 0. The SMILES string of the molecule is COc1ccc(S(=O)(=O)N(CC(=O)N(Cc2cccc(OC)c2)[C@H](Cc2ccccc2)C(=O)NC2CCCCC2)c2ccc(F)cc2)cc1. The molecule has 0 aliphatic heterocycles. The lowest BCUT2D eigenvalue weighted by molar-refractivity contribution is -0.140. The molecule has 5 rings (SSSR count). The fraction of sp³-hybridized carbons (Fsp3) is 0.316. The minimum Gasteiger partial charge on any atom is -0.497 e. The van der Waals surface area contributed by atoms with Crippen LogP contribution in [0, 0.1) is 5.82 Å². The maximum absolute atomic E-state index is 14.7. The average molecular weight is 688 g/mol. The lowest BCUT2D eigenvalue weighted by atomic mass is 9.94. The summed E-state index contributed by atoms with van der Waals surface area (Å²) < 4.78 is 54.0. The highest BCUT2D eigenvalue weighted by Crippen LogP contribution is 2.27. The molecule has 1 aliphatic rings. The van der Waals surface area contributed by atoms with Crippen molar-refractivity contribution in [2.24, 2.45) is 0 Å². The predicted octanol–water partition coefficient (Wildman–Crippen LogP) is 6.13. The van der Waals surface area contributed by atoms with Crippen molar-refractivity contribution in [3.05, 3.63) is 120 Å². The van der Waals surface area contributed by atoms with Crippen LogP contribution in [0.25, 0.3) is 0 Å². The Morgan fingerprint density at radius 3 is 2.12 bits per heavy atom. The third kappa shape index (κ3) is 9.17. The van der Waals surface area contributed by atoms with Crippen LogP contribution in [0.3, 0.4) is 0 Å². The van der Waals surface area contributed by atoms with Crippen molar-refractivity contribution in [3.8, 4) is 11.5 Å². The van der Waals surface area contributed by atoms with Crippen molar-refractivity contribution in [2.45, 2.75) is 62.0 Å². The summed E-state index contributed by atoms with van der Waals surface area (Å²) in [6.07, 6.45) is 5.05. The monoisotopic (exact) mass is 687 g/mol. The van der Waals surface area contributed by atoms with E-state index in [1.54, 1.807) is 25.3 Å². The summed E-state index contributed by atoms with van der Waals surface area (Å²) in [5.41, 5.74) is 1.64. The van der Waals surface area contributed by atoms with Crippen molar-refractivity contribution in [1.82, 2.24) is 10.2 Å². The topological polar surface area (TPSA) is 105 Å². The standard InChI is InChI=1S/C38H42FN3O6S/c1-47-33-20-22-35(23-21-33)49(45,46)42(32-18-16-30(39)17-19-32)27-37(43)41(26-29-12-9-15-34(24-29)48-2)36(25-28-10-5-3-6-11-28)38(44)40-31-13-7-4-8-14-31/h3,5-6,9-12,15-24,31,36H,4,7-8,13-14,25-27H2,1-2H3,(H,40,44)/t36-/m1/s1. The third-order valence-electron chi connectivity index (χ3n) is 8.75. The summed E-state index contributed by atoms with van der Waals surface area (Å²) in [5, 5.41) is 3.20. The third-order valence-corrected chi connectivity index (χ3v) is 10.5. The molecule has 2 amide bonds. The predicted molar refractivity (Wildman–Crippen MR) is 186 cm³/mol. The van der Waals surface area contributed by atoms with Crippen LogP contribution in [-0.2, 0) is 32.6 Å². The fourth-order valence-corrected chi connectivity index (χ4v) is 7.49. The van der Waals surface area contributed by atoms with Gasteiger partial charge in [-0.05, 0) is 84.6 Å². The molecule has 0 heterocycles. The second-order valence-corrected chi connectivity index (χ2v) is 13.9. The average Bonchev–Trinajstić information content (AvgIpc) is 3.13. The molecule has 0 radical (unpaired) electrons. The van der Waals surface area contributed by atoms with Crippen molar-refractivity contribution >= 4 is 27.5 Å². The van der Waals surface area contributed by atoms with Gasteiger partial charge in [-0.15, -0.1) is 0 Å². The van der Waals surface area contributed by atoms with Gasteiger partial charge in [0, 0.05) is 19.0 Å². The first-order valence-corrected chi connectivity index (χ1v) is 17.8. The van der Waals surface area contributed by atoms with Gasteiger partial charge in [-0.1, -0.05) is 61.7 Å². The Morgan fingerprint density at radius 1 is 0.816 bits per heavy atom. The number of hydrogen-bond acceptors (Lipinski definition) is 6. The molecule has 1 atom stereocenters. The minimum atomic E-state index is -4.34. The van der Waals surface area contributed by atoms with E-state index in [1.807, 2.05) is 36.4 Å². The summed E-state index contributed by atoms with van der Waals surface area (Å²) in [4.78, 5) is 30.3. The number of anilines is 1. The molecule has 1 aliphatic carbocycles. The highest BCUT2D eigenvalue weighted by molar-refractivity contribution is 7.92. The zero-order valence-corrected chi connectivity index (χ0v) is 28.6. The fourth-order valence-electron chi connectivity index (χ4n) is 6.08. The van der Waals surface area contributed by atoms with Crippen LogP contribution in [0.15, 0.2) is 108 Å². The molecule has 0 aromatic heterocycles. The number of amides is 2. The van der Waals surface area contributed by atoms with Crippen LogP contribution in [0.1, 0.15) is 43.2 Å². The maximum atomic E-state index is 14.7. The van der Waals surface area contributed by atoms with Gasteiger partial charge in [0.05, 0.1) is 24.8 Å². The molecule has 49 heavy (non-hydrogen) atoms. The lowest BCUT2D eigenvalue weighted by Crippen LogP contribution is -2.55. The Bertz CT molecular complexity index is 1800. The molecule has 0 spiro atoms. The molecule has 9 nitrogen and oxygen atoms in total. The van der Waals surface area contributed by atoms with Crippen molar-refractivity contribution in [1.29, 1.82) is 0 Å². The molecule has 1 N–H and O–H groups in total. The van der Waals surface area contributed by atoms with E-state index in [-0.39, 0.29) is 35.5 Å². The first kappa shape index (κ1) is 35.4. The molecule has 0 saturated heterocycles. The van der Waals surface area contributed by atoms with Crippen LogP contribution in [-0.4, -0.2) is 58.0 Å². The Balaban J connectivity index is 1.57. The highest BCUT2D eigenvalue weighted by atomic mass is 32.2. The van der Waals surface area contributed by atoms with Gasteiger partial charge in [-0.2, -0.15) is 0 Å². The number of carbonyl (C=O) groups is 2. The molecular weight excluding hydrogens is 645 g/mol. The highest BCUT2D eigenvalue weighted by Gasteiger charge is 2.35. The lowest BCUT2D eigenvalue weighted by Gasteiger charge is -2.35. The van der Waals surface area contributed by atoms with E-state index in [0.717, 1.165) is 54.1 Å². The Hall–Kier alpha value is -4.90. The van der Waals surface area contributed by atoms with Gasteiger partial charge in [0.2, 0.25) is 11.8 Å². The molecule has 0 bridgehead atoms. The van der Waals surface area contributed by atoms with Gasteiger partial charge < -0.3 is 19.7 Å².